The predicted octanol–water partition coefficient (Wildman–Crippen LogP) is 3.29. The molecule has 1 aliphatic carbocycles. The molecule has 2 heterocycles. The van der Waals surface area contributed by atoms with Crippen molar-refractivity contribution >= 4 is 11.9 Å². The zero-order chi connectivity index (χ0) is 17.6. The Kier molecular flexibility index (Phi) is 3.86. The largest absolute Gasteiger partial charge is 0.481 e. The Balaban J connectivity index is 1.67. The van der Waals surface area contributed by atoms with Gasteiger partial charge in [0.1, 0.15) is 12.2 Å². The van der Waals surface area contributed by atoms with Gasteiger partial charge in [0.05, 0.1) is 11.8 Å². The molecule has 25 heavy (non-hydrogen) atoms. The van der Waals surface area contributed by atoms with Crippen LogP contribution in [-0.2, 0) is 24.2 Å². The summed E-state index contributed by atoms with van der Waals surface area (Å²) in [7, 11) is 0. The summed E-state index contributed by atoms with van der Waals surface area (Å²) in [6.07, 6.45) is 4.57. The van der Waals surface area contributed by atoms with E-state index in [9.17, 15) is 9.59 Å². The summed E-state index contributed by atoms with van der Waals surface area (Å²) in [6, 6.07) is 6.38. The number of hydrogen-bond acceptors (Lipinski definition) is 3. The third-order valence-electron chi connectivity index (χ3n) is 5.36. The van der Waals surface area contributed by atoms with Crippen molar-refractivity contribution in [2.24, 2.45) is 0 Å². The maximum absolute atomic E-state index is 13.1. The first kappa shape index (κ1) is 15.9. The average molecular weight is 339 g/mol. The molecular weight excluding hydrogens is 318 g/mol. The van der Waals surface area contributed by atoms with Crippen molar-refractivity contribution in [2.45, 2.75) is 45.1 Å². The highest BCUT2D eigenvalue weighted by Gasteiger charge is 2.34. The van der Waals surface area contributed by atoms with Crippen molar-refractivity contribution in [1.82, 2.24) is 4.90 Å². The van der Waals surface area contributed by atoms with Crippen LogP contribution in [0.1, 0.15) is 57.1 Å². The first-order chi connectivity index (χ1) is 12.0. The number of nitrogens with zero attached hydrogens (tertiary/aromatic N) is 1. The fraction of sp³-hybridized carbons (Fsp3) is 0.400. The molecule has 4 rings (SSSR count). The molecule has 1 amide bonds. The second-order valence-electron chi connectivity index (χ2n) is 7.05. The number of carboxylic acids is 1. The number of aryl methyl sites for hydroxylation is 2. The highest BCUT2D eigenvalue weighted by molar-refractivity contribution is 5.97. The van der Waals surface area contributed by atoms with E-state index in [0.717, 1.165) is 19.3 Å². The zero-order valence-corrected chi connectivity index (χ0v) is 14.2. The van der Waals surface area contributed by atoms with Gasteiger partial charge in [0.25, 0.3) is 5.91 Å². The molecule has 2 aliphatic rings. The third kappa shape index (κ3) is 2.73. The van der Waals surface area contributed by atoms with E-state index in [1.807, 2.05) is 4.90 Å². The van der Waals surface area contributed by atoms with Crippen molar-refractivity contribution in [2.75, 3.05) is 6.54 Å². The molecule has 1 aliphatic heterocycles. The Bertz CT molecular complexity index is 851. The molecule has 0 bridgehead atoms. The van der Waals surface area contributed by atoms with Crippen molar-refractivity contribution in [3.05, 3.63) is 58.0 Å². The maximum Gasteiger partial charge on any atom is 0.311 e. The minimum absolute atomic E-state index is 0.121. The molecule has 5 nitrogen and oxygen atoms in total. The van der Waals surface area contributed by atoms with E-state index in [0.29, 0.717) is 30.1 Å². The first-order valence-electron chi connectivity index (χ1n) is 8.73. The first-order valence-corrected chi connectivity index (χ1v) is 8.73. The fourth-order valence-electron chi connectivity index (χ4n) is 4.31. The second kappa shape index (κ2) is 6.06. The predicted molar refractivity (Wildman–Crippen MR) is 91.6 cm³/mol. The molecule has 130 valence electrons. The summed E-state index contributed by atoms with van der Waals surface area (Å²) in [6.45, 7) is 3.06. The van der Waals surface area contributed by atoms with E-state index in [1.165, 1.54) is 23.0 Å². The number of benzene rings is 1. The van der Waals surface area contributed by atoms with E-state index >= 15 is 0 Å². The fourth-order valence-corrected chi connectivity index (χ4v) is 4.31. The van der Waals surface area contributed by atoms with Gasteiger partial charge in [-0.05, 0) is 42.9 Å². The highest BCUT2D eigenvalue weighted by Crippen LogP contribution is 2.39. The number of aliphatic carboxylic acids is 1. The Hall–Kier alpha value is -2.56. The molecule has 2 aromatic rings. The molecule has 0 radical (unpaired) electrons. The van der Waals surface area contributed by atoms with Crippen molar-refractivity contribution < 1.29 is 19.1 Å². The number of carbonyl (C=O) groups is 2. The average Bonchev–Trinajstić information content (AvgIpc) is 2.94. The summed E-state index contributed by atoms with van der Waals surface area (Å²) in [5.74, 6) is -0.487. The number of amides is 1. The Morgan fingerprint density at radius 2 is 2.12 bits per heavy atom. The lowest BCUT2D eigenvalue weighted by Gasteiger charge is -2.38. The lowest BCUT2D eigenvalue weighted by Crippen LogP contribution is -2.40. The van der Waals surface area contributed by atoms with Crippen LogP contribution in [0, 0.1) is 6.92 Å². The van der Waals surface area contributed by atoms with Crippen LogP contribution in [0.5, 0.6) is 0 Å². The van der Waals surface area contributed by atoms with E-state index in [2.05, 4.69) is 18.2 Å². The van der Waals surface area contributed by atoms with E-state index < -0.39 is 5.97 Å². The lowest BCUT2D eigenvalue weighted by molar-refractivity contribution is -0.136. The normalized spacial score (nSPS) is 18.8. The summed E-state index contributed by atoms with van der Waals surface area (Å²) < 4.78 is 5.34. The van der Waals surface area contributed by atoms with Crippen LogP contribution in [0.25, 0.3) is 0 Å². The number of furan rings is 1. The standard InChI is InChI=1S/C20H21NO4/c1-12-11-25-16(8-17(22)23)18(12)20(24)21-9-14-6-2-4-13-5-3-7-15(10-21)19(13)14/h2,4,6,11,15H,3,5,7-10H2,1H3,(H,22,23). The van der Waals surface area contributed by atoms with Crippen molar-refractivity contribution in [3.8, 4) is 0 Å². The molecule has 5 heteroatoms. The molecule has 1 aromatic carbocycles. The molecular formula is C20H21NO4. The van der Waals surface area contributed by atoms with Crippen LogP contribution in [-0.4, -0.2) is 28.4 Å². The monoisotopic (exact) mass is 339 g/mol. The van der Waals surface area contributed by atoms with Gasteiger partial charge in [-0.1, -0.05) is 18.2 Å². The quantitative estimate of drug-likeness (QED) is 0.931. The van der Waals surface area contributed by atoms with Gasteiger partial charge in [-0.2, -0.15) is 0 Å². The maximum atomic E-state index is 13.1. The topological polar surface area (TPSA) is 70.7 Å². The van der Waals surface area contributed by atoms with Crippen molar-refractivity contribution in [3.63, 3.8) is 0 Å². The molecule has 0 saturated carbocycles. The van der Waals surface area contributed by atoms with Gasteiger partial charge in [0.2, 0.25) is 0 Å². The van der Waals surface area contributed by atoms with Gasteiger partial charge >= 0.3 is 5.97 Å². The molecule has 0 saturated heterocycles. The molecule has 0 spiro atoms. The molecule has 1 N–H and O–H groups in total. The Morgan fingerprint density at radius 1 is 1.32 bits per heavy atom. The zero-order valence-electron chi connectivity index (χ0n) is 14.2. The number of rotatable bonds is 3. The van der Waals surface area contributed by atoms with E-state index in [4.69, 9.17) is 9.52 Å². The number of carboxylic acid groups (broad SMARTS) is 1. The van der Waals surface area contributed by atoms with E-state index in [-0.39, 0.29) is 18.1 Å². The van der Waals surface area contributed by atoms with Crippen LogP contribution >= 0.6 is 0 Å². The summed E-state index contributed by atoms with van der Waals surface area (Å²) in [4.78, 5) is 26.0. The summed E-state index contributed by atoms with van der Waals surface area (Å²) in [5, 5.41) is 9.06. The van der Waals surface area contributed by atoms with Crippen LogP contribution in [0.3, 0.4) is 0 Å². The van der Waals surface area contributed by atoms with Gasteiger partial charge in [-0.25, -0.2) is 0 Å². The minimum Gasteiger partial charge on any atom is -0.481 e. The van der Waals surface area contributed by atoms with Gasteiger partial charge in [-0.3, -0.25) is 9.59 Å². The third-order valence-corrected chi connectivity index (χ3v) is 5.36. The molecule has 0 fully saturated rings. The molecule has 1 unspecified atom stereocenters. The van der Waals surface area contributed by atoms with Crippen LogP contribution in [0.15, 0.2) is 28.9 Å². The molecule has 1 atom stereocenters. The van der Waals surface area contributed by atoms with Gasteiger partial charge in [-0.15, -0.1) is 0 Å². The SMILES string of the molecule is Cc1coc(CC(=O)O)c1C(=O)N1Cc2cccc3c2C(CCC3)C1. The van der Waals surface area contributed by atoms with E-state index in [1.54, 1.807) is 6.92 Å². The minimum atomic E-state index is -0.996. The smallest absolute Gasteiger partial charge is 0.311 e. The van der Waals surface area contributed by atoms with Gasteiger partial charge < -0.3 is 14.4 Å². The second-order valence-corrected chi connectivity index (χ2v) is 7.05. The Labute approximate surface area is 146 Å². The number of hydrogen-bond donors (Lipinski definition) is 1. The van der Waals surface area contributed by atoms with Crippen LogP contribution in [0.2, 0.25) is 0 Å². The van der Waals surface area contributed by atoms with Gasteiger partial charge in [0.15, 0.2) is 0 Å². The Morgan fingerprint density at radius 3 is 2.92 bits per heavy atom. The highest BCUT2D eigenvalue weighted by atomic mass is 16.4. The van der Waals surface area contributed by atoms with Crippen LogP contribution in [0.4, 0.5) is 0 Å². The number of carbonyl (C=O) groups excluding carboxylic acids is 1. The lowest BCUT2D eigenvalue weighted by atomic mass is 9.77. The van der Waals surface area contributed by atoms with Crippen LogP contribution < -0.4 is 0 Å². The summed E-state index contributed by atoms with van der Waals surface area (Å²) in [5.41, 5.74) is 5.20. The van der Waals surface area contributed by atoms with Gasteiger partial charge in [0, 0.05) is 24.6 Å². The summed E-state index contributed by atoms with van der Waals surface area (Å²) >= 11 is 0. The molecule has 1 aromatic heterocycles. The van der Waals surface area contributed by atoms with Crippen molar-refractivity contribution in [1.29, 1.82) is 0 Å².